The highest BCUT2D eigenvalue weighted by Gasteiger charge is 2.11. The maximum Gasteiger partial charge on any atom is 0.242 e. The van der Waals surface area contributed by atoms with Crippen LogP contribution in [0.1, 0.15) is 11.4 Å². The molecule has 20 heavy (non-hydrogen) atoms. The summed E-state index contributed by atoms with van der Waals surface area (Å²) in [7, 11) is 3.69. The number of aryl methyl sites for hydroxylation is 2. The third-order valence-corrected chi connectivity index (χ3v) is 3.01. The molecule has 106 valence electrons. The Kier molecular flexibility index (Phi) is 4.30. The summed E-state index contributed by atoms with van der Waals surface area (Å²) < 4.78 is 0. The Labute approximate surface area is 121 Å². The zero-order chi connectivity index (χ0) is 14.7. The van der Waals surface area contributed by atoms with Crippen LogP contribution in [0.2, 0.25) is 0 Å². The van der Waals surface area contributed by atoms with E-state index in [2.05, 4.69) is 30.3 Å². The van der Waals surface area contributed by atoms with Gasteiger partial charge in [-0.15, -0.1) is 0 Å². The van der Waals surface area contributed by atoms with E-state index in [1.165, 1.54) is 11.8 Å². The molecule has 2 aromatic rings. The van der Waals surface area contributed by atoms with Gasteiger partial charge in [0.1, 0.15) is 0 Å². The molecule has 0 spiro atoms. The first kappa shape index (κ1) is 14.4. The fraction of sp³-hybridized carbons (Fsp3) is 0.364. The number of aromatic nitrogens is 5. The van der Waals surface area contributed by atoms with Crippen molar-refractivity contribution >= 4 is 23.7 Å². The minimum atomic E-state index is 0.301. The van der Waals surface area contributed by atoms with Crippen LogP contribution in [-0.2, 0) is 0 Å². The minimum Gasteiger partial charge on any atom is -0.347 e. The molecule has 0 saturated heterocycles. The molecular weight excluding hydrogens is 276 g/mol. The largest absolute Gasteiger partial charge is 0.347 e. The molecule has 0 amide bonds. The number of nitrogens with zero attached hydrogens (tertiary/aromatic N) is 6. The van der Waals surface area contributed by atoms with Crippen molar-refractivity contribution in [2.75, 3.05) is 24.4 Å². The zero-order valence-electron chi connectivity index (χ0n) is 11.7. The lowest BCUT2D eigenvalue weighted by Gasteiger charge is -2.11. The van der Waals surface area contributed by atoms with E-state index in [0.29, 0.717) is 22.2 Å². The Morgan fingerprint density at radius 2 is 1.60 bits per heavy atom. The van der Waals surface area contributed by atoms with Gasteiger partial charge in [0.15, 0.2) is 5.16 Å². The first-order valence-corrected chi connectivity index (χ1v) is 6.69. The fourth-order valence-electron chi connectivity index (χ4n) is 1.48. The lowest BCUT2D eigenvalue weighted by Crippen LogP contribution is -2.17. The second kappa shape index (κ2) is 5.97. The Hall–Kier alpha value is -2.00. The molecule has 0 aliphatic heterocycles. The number of hydrogen-bond donors (Lipinski definition) is 2. The van der Waals surface area contributed by atoms with Gasteiger partial charge in [-0.25, -0.2) is 15.8 Å². The van der Waals surface area contributed by atoms with Crippen molar-refractivity contribution in [3.8, 4) is 0 Å². The number of hydrazine groups is 1. The molecule has 0 bridgehead atoms. The molecule has 2 heterocycles. The Balaban J connectivity index is 2.34. The van der Waals surface area contributed by atoms with Crippen LogP contribution in [0.25, 0.3) is 0 Å². The van der Waals surface area contributed by atoms with E-state index >= 15 is 0 Å². The van der Waals surface area contributed by atoms with Crippen LogP contribution in [0.5, 0.6) is 0 Å². The van der Waals surface area contributed by atoms with Gasteiger partial charge in [0.25, 0.3) is 0 Å². The summed E-state index contributed by atoms with van der Waals surface area (Å²) >= 11 is 1.27. The number of hydrogen-bond acceptors (Lipinski definition) is 9. The van der Waals surface area contributed by atoms with E-state index in [1.54, 1.807) is 4.90 Å². The smallest absolute Gasteiger partial charge is 0.242 e. The van der Waals surface area contributed by atoms with Crippen LogP contribution >= 0.6 is 11.8 Å². The monoisotopic (exact) mass is 292 g/mol. The number of anilines is 2. The van der Waals surface area contributed by atoms with Gasteiger partial charge in [0.05, 0.1) is 0 Å². The van der Waals surface area contributed by atoms with Crippen molar-refractivity contribution in [3.63, 3.8) is 0 Å². The Bertz CT molecular complexity index is 595. The first-order valence-electron chi connectivity index (χ1n) is 5.88. The van der Waals surface area contributed by atoms with E-state index in [0.717, 1.165) is 11.4 Å². The Morgan fingerprint density at radius 3 is 2.15 bits per heavy atom. The highest BCUT2D eigenvalue weighted by Crippen LogP contribution is 2.23. The standard InChI is InChI=1S/C11H16N8S/c1-6-5-7(2)14-10(13-6)20-11-16-8(18-12)15-9(17-11)19(3)4/h5H,12H2,1-4H3,(H,15,16,17,18). The molecule has 2 rings (SSSR count). The summed E-state index contributed by atoms with van der Waals surface area (Å²) in [5.74, 6) is 6.18. The molecule has 0 saturated carbocycles. The fourth-order valence-corrected chi connectivity index (χ4v) is 2.28. The topological polar surface area (TPSA) is 106 Å². The molecule has 0 aliphatic carbocycles. The molecule has 0 fully saturated rings. The van der Waals surface area contributed by atoms with Gasteiger partial charge in [0.2, 0.25) is 17.1 Å². The van der Waals surface area contributed by atoms with Crippen molar-refractivity contribution in [1.29, 1.82) is 0 Å². The summed E-state index contributed by atoms with van der Waals surface area (Å²) in [5, 5.41) is 1.09. The van der Waals surface area contributed by atoms with Gasteiger partial charge >= 0.3 is 0 Å². The van der Waals surface area contributed by atoms with E-state index in [-0.39, 0.29) is 0 Å². The summed E-state index contributed by atoms with van der Waals surface area (Å²) in [6.45, 7) is 3.84. The van der Waals surface area contributed by atoms with Crippen LogP contribution in [0.15, 0.2) is 16.4 Å². The van der Waals surface area contributed by atoms with Crippen molar-refractivity contribution < 1.29 is 0 Å². The maximum atomic E-state index is 5.37. The summed E-state index contributed by atoms with van der Waals surface area (Å²) in [6.07, 6.45) is 0. The number of nitrogen functional groups attached to an aromatic ring is 1. The summed E-state index contributed by atoms with van der Waals surface area (Å²) in [4.78, 5) is 23.1. The van der Waals surface area contributed by atoms with E-state index in [4.69, 9.17) is 5.84 Å². The van der Waals surface area contributed by atoms with Gasteiger partial charge in [-0.05, 0) is 31.7 Å². The average molecular weight is 292 g/mol. The van der Waals surface area contributed by atoms with Gasteiger partial charge in [-0.1, -0.05) is 0 Å². The third-order valence-electron chi connectivity index (χ3n) is 2.28. The lowest BCUT2D eigenvalue weighted by atomic mass is 10.4. The summed E-state index contributed by atoms with van der Waals surface area (Å²) in [5.41, 5.74) is 4.23. The van der Waals surface area contributed by atoms with E-state index in [1.807, 2.05) is 34.0 Å². The second-order valence-electron chi connectivity index (χ2n) is 4.32. The highest BCUT2D eigenvalue weighted by molar-refractivity contribution is 7.99. The quantitative estimate of drug-likeness (QED) is 0.480. The van der Waals surface area contributed by atoms with Crippen LogP contribution in [0.4, 0.5) is 11.9 Å². The van der Waals surface area contributed by atoms with Gasteiger partial charge < -0.3 is 4.90 Å². The summed E-state index contributed by atoms with van der Waals surface area (Å²) in [6, 6.07) is 1.91. The van der Waals surface area contributed by atoms with Gasteiger partial charge in [-0.2, -0.15) is 15.0 Å². The maximum absolute atomic E-state index is 5.37. The van der Waals surface area contributed by atoms with Gasteiger partial charge in [-0.3, -0.25) is 5.43 Å². The lowest BCUT2D eigenvalue weighted by molar-refractivity contribution is 0.850. The normalized spacial score (nSPS) is 10.4. The van der Waals surface area contributed by atoms with E-state index < -0.39 is 0 Å². The average Bonchev–Trinajstić information content (AvgIpc) is 2.36. The van der Waals surface area contributed by atoms with Crippen LogP contribution in [0.3, 0.4) is 0 Å². The highest BCUT2D eigenvalue weighted by atomic mass is 32.2. The molecule has 9 heteroatoms. The molecular formula is C11H16N8S. The number of rotatable bonds is 4. The predicted octanol–water partition coefficient (Wildman–Crippen LogP) is 0.781. The molecule has 0 unspecified atom stereocenters. The van der Waals surface area contributed by atoms with Crippen molar-refractivity contribution in [2.24, 2.45) is 5.84 Å². The SMILES string of the molecule is Cc1cc(C)nc(Sc2nc(NN)nc(N(C)C)n2)n1. The van der Waals surface area contributed by atoms with E-state index in [9.17, 15) is 0 Å². The van der Waals surface area contributed by atoms with Gasteiger partial charge in [0, 0.05) is 25.5 Å². The molecule has 0 aromatic carbocycles. The first-order chi connectivity index (χ1) is 9.47. The van der Waals surface area contributed by atoms with Crippen LogP contribution in [0, 0.1) is 13.8 Å². The third kappa shape index (κ3) is 3.52. The number of nitrogens with one attached hydrogen (secondary N) is 1. The molecule has 0 radical (unpaired) electrons. The minimum absolute atomic E-state index is 0.301. The molecule has 0 aliphatic rings. The second-order valence-corrected chi connectivity index (χ2v) is 5.25. The Morgan fingerprint density at radius 1 is 1.00 bits per heavy atom. The molecule has 8 nitrogen and oxygen atoms in total. The van der Waals surface area contributed by atoms with Crippen LogP contribution in [-0.4, -0.2) is 39.0 Å². The zero-order valence-corrected chi connectivity index (χ0v) is 12.6. The number of nitrogens with two attached hydrogens (primary N) is 1. The predicted molar refractivity (Wildman–Crippen MR) is 77.6 cm³/mol. The van der Waals surface area contributed by atoms with Crippen molar-refractivity contribution in [2.45, 2.75) is 24.2 Å². The van der Waals surface area contributed by atoms with Crippen molar-refractivity contribution in [1.82, 2.24) is 24.9 Å². The van der Waals surface area contributed by atoms with Crippen LogP contribution < -0.4 is 16.2 Å². The molecule has 0 atom stereocenters. The molecule has 3 N–H and O–H groups in total. The molecule has 2 aromatic heterocycles. The van der Waals surface area contributed by atoms with Crippen molar-refractivity contribution in [3.05, 3.63) is 17.5 Å².